The molecule has 0 amide bonds. The van der Waals surface area contributed by atoms with Gasteiger partial charge in [0.1, 0.15) is 0 Å². The van der Waals surface area contributed by atoms with Gasteiger partial charge in [-0.2, -0.15) is 0 Å². The van der Waals surface area contributed by atoms with Crippen molar-refractivity contribution >= 4 is 17.1 Å². The Morgan fingerprint density at radius 3 is 2.59 bits per heavy atom. The van der Waals surface area contributed by atoms with E-state index >= 15 is 0 Å². The number of halogens is 1. The number of aromatic nitrogens is 2. The molecule has 0 spiro atoms. The lowest BCUT2D eigenvalue weighted by molar-refractivity contribution is 0.0752. The zero-order chi connectivity index (χ0) is 19.0. The molecule has 0 radical (unpaired) electrons. The van der Waals surface area contributed by atoms with Gasteiger partial charge in [0.25, 0.3) is 0 Å². The summed E-state index contributed by atoms with van der Waals surface area (Å²) in [4.78, 5) is 4.29. The van der Waals surface area contributed by atoms with E-state index in [1.807, 2.05) is 24.7 Å². The first-order chi connectivity index (χ1) is 13.0. The van der Waals surface area contributed by atoms with Gasteiger partial charge in [0.05, 0.1) is 29.8 Å². The fraction of sp³-hybridized carbons (Fsp3) is 0.435. The smallest absolute Gasteiger partial charge is 0.0995 e. The molecule has 2 aromatic heterocycles. The average Bonchev–Trinajstić information content (AvgIpc) is 3.15. The van der Waals surface area contributed by atoms with E-state index in [1.54, 1.807) is 0 Å². The van der Waals surface area contributed by atoms with Crippen molar-refractivity contribution < 1.29 is 5.11 Å². The van der Waals surface area contributed by atoms with E-state index < -0.39 is 6.10 Å². The summed E-state index contributed by atoms with van der Waals surface area (Å²) in [5, 5.41) is 12.1. The maximum Gasteiger partial charge on any atom is 0.0995 e. The third-order valence-corrected chi connectivity index (χ3v) is 6.33. The van der Waals surface area contributed by atoms with Crippen LogP contribution in [-0.4, -0.2) is 14.5 Å². The van der Waals surface area contributed by atoms with Crippen LogP contribution in [0.3, 0.4) is 0 Å². The predicted molar refractivity (Wildman–Crippen MR) is 110 cm³/mol. The van der Waals surface area contributed by atoms with E-state index in [0.29, 0.717) is 11.8 Å². The van der Waals surface area contributed by atoms with Gasteiger partial charge in [0.2, 0.25) is 0 Å². The van der Waals surface area contributed by atoms with Gasteiger partial charge >= 0.3 is 0 Å². The molecular weight excluding hydrogens is 356 g/mol. The number of hydrogen-bond donors (Lipinski definition) is 1. The normalized spacial score (nSPS) is 21.7. The zero-order valence-corrected chi connectivity index (χ0v) is 16.7. The number of fused-ring (bicyclic) bond motifs is 1. The van der Waals surface area contributed by atoms with Crippen LogP contribution in [0.2, 0.25) is 5.02 Å². The summed E-state index contributed by atoms with van der Waals surface area (Å²) in [6.07, 6.45) is 7.48. The number of benzene rings is 1. The van der Waals surface area contributed by atoms with Crippen LogP contribution in [0.15, 0.2) is 48.9 Å². The highest BCUT2D eigenvalue weighted by Gasteiger charge is 2.31. The molecule has 1 atom stereocenters. The maximum atomic E-state index is 11.3. The van der Waals surface area contributed by atoms with E-state index in [-0.39, 0.29) is 5.92 Å². The van der Waals surface area contributed by atoms with Crippen LogP contribution >= 0.6 is 11.6 Å². The third kappa shape index (κ3) is 3.63. The molecule has 0 bridgehead atoms. The van der Waals surface area contributed by atoms with Gasteiger partial charge in [-0.05, 0) is 72.8 Å². The van der Waals surface area contributed by atoms with Crippen LogP contribution in [0, 0.1) is 5.92 Å². The molecule has 1 N–H and O–H groups in total. The van der Waals surface area contributed by atoms with Gasteiger partial charge in [-0.15, -0.1) is 0 Å². The number of hydrogen-bond acceptors (Lipinski definition) is 2. The van der Waals surface area contributed by atoms with Crippen LogP contribution in [0.25, 0.3) is 5.52 Å². The summed E-state index contributed by atoms with van der Waals surface area (Å²) in [5.41, 5.74) is 4.60. The van der Waals surface area contributed by atoms with Crippen molar-refractivity contribution in [2.24, 2.45) is 5.92 Å². The Morgan fingerprint density at radius 2 is 1.89 bits per heavy atom. The summed E-state index contributed by atoms with van der Waals surface area (Å²) in [7, 11) is 0. The minimum atomic E-state index is -0.458. The van der Waals surface area contributed by atoms with E-state index in [0.717, 1.165) is 41.9 Å². The first kappa shape index (κ1) is 18.5. The van der Waals surface area contributed by atoms with Crippen molar-refractivity contribution in [2.45, 2.75) is 57.5 Å². The average molecular weight is 383 g/mol. The molecule has 3 aromatic rings. The fourth-order valence-electron chi connectivity index (χ4n) is 4.58. The summed E-state index contributed by atoms with van der Waals surface area (Å²) in [6.45, 7) is 4.37. The van der Waals surface area contributed by atoms with Crippen molar-refractivity contribution in [1.29, 1.82) is 0 Å². The van der Waals surface area contributed by atoms with E-state index in [4.69, 9.17) is 11.6 Å². The monoisotopic (exact) mass is 382 g/mol. The maximum absolute atomic E-state index is 11.3. The van der Waals surface area contributed by atoms with Gasteiger partial charge in [-0.1, -0.05) is 43.6 Å². The second-order valence-corrected chi connectivity index (χ2v) is 8.57. The molecule has 4 heteroatoms. The molecule has 0 unspecified atom stereocenters. The van der Waals surface area contributed by atoms with Crippen molar-refractivity contribution in [1.82, 2.24) is 9.38 Å². The van der Waals surface area contributed by atoms with Crippen molar-refractivity contribution in [3.63, 3.8) is 0 Å². The molecule has 1 fully saturated rings. The minimum Gasteiger partial charge on any atom is -0.387 e. The second kappa shape index (κ2) is 7.65. The first-order valence-corrected chi connectivity index (χ1v) is 10.3. The summed E-state index contributed by atoms with van der Waals surface area (Å²) in [5.74, 6) is 1.19. The van der Waals surface area contributed by atoms with Crippen LogP contribution in [-0.2, 0) is 0 Å². The molecule has 4 rings (SSSR count). The Bertz CT molecular complexity index is 925. The summed E-state index contributed by atoms with van der Waals surface area (Å²) < 4.78 is 2.07. The zero-order valence-electron chi connectivity index (χ0n) is 16.0. The molecule has 1 saturated carbocycles. The highest BCUT2D eigenvalue weighted by atomic mass is 35.5. The number of imidazole rings is 1. The molecule has 0 saturated heterocycles. The summed E-state index contributed by atoms with van der Waals surface area (Å²) >= 11 is 6.17. The number of rotatable bonds is 4. The van der Waals surface area contributed by atoms with Gasteiger partial charge in [-0.3, -0.25) is 0 Å². The number of nitrogens with zero attached hydrogens (tertiary/aromatic N) is 2. The number of pyridine rings is 1. The second-order valence-electron chi connectivity index (χ2n) is 8.13. The van der Waals surface area contributed by atoms with Crippen molar-refractivity contribution in [3.8, 4) is 0 Å². The molecule has 3 nitrogen and oxygen atoms in total. The largest absolute Gasteiger partial charge is 0.387 e. The van der Waals surface area contributed by atoms with E-state index in [1.165, 1.54) is 11.1 Å². The van der Waals surface area contributed by atoms with Crippen LogP contribution in [0.5, 0.6) is 0 Å². The van der Waals surface area contributed by atoms with Crippen molar-refractivity contribution in [3.05, 3.63) is 70.8 Å². The van der Waals surface area contributed by atoms with Gasteiger partial charge in [0.15, 0.2) is 0 Å². The van der Waals surface area contributed by atoms with Gasteiger partial charge in [0, 0.05) is 5.02 Å². The predicted octanol–water partition coefficient (Wildman–Crippen LogP) is 6.12. The quantitative estimate of drug-likeness (QED) is 0.590. The van der Waals surface area contributed by atoms with Crippen LogP contribution in [0.4, 0.5) is 0 Å². The molecule has 2 heterocycles. The molecule has 142 valence electrons. The molecule has 1 aromatic carbocycles. The Kier molecular flexibility index (Phi) is 5.25. The third-order valence-electron chi connectivity index (χ3n) is 6.10. The molecule has 1 aliphatic carbocycles. The lowest BCUT2D eigenvalue weighted by Gasteiger charge is -2.33. The fourth-order valence-corrected chi connectivity index (χ4v) is 4.78. The highest BCUT2D eigenvalue weighted by Crippen LogP contribution is 2.42. The van der Waals surface area contributed by atoms with Gasteiger partial charge < -0.3 is 9.51 Å². The topological polar surface area (TPSA) is 37.5 Å². The van der Waals surface area contributed by atoms with Crippen LogP contribution < -0.4 is 0 Å². The Labute approximate surface area is 166 Å². The minimum absolute atomic E-state index is 0.283. The standard InChI is InChI=1S/C23H27ClN2O/c1-15(2)21-11-10-20-13-25-14-26(20)22(21)23(27)17-8-6-16(7-9-17)18-4-3-5-19(24)12-18/h3-5,10-17,23,27H,6-9H2,1-2H3/t16-,17-,23-/m1/s1. The lowest BCUT2D eigenvalue weighted by atomic mass is 9.75. The molecule has 1 aliphatic rings. The Hall–Kier alpha value is -1.84. The van der Waals surface area contributed by atoms with Gasteiger partial charge in [-0.25, -0.2) is 4.98 Å². The van der Waals surface area contributed by atoms with E-state index in [9.17, 15) is 5.11 Å². The number of aliphatic hydroxyl groups is 1. The summed E-state index contributed by atoms with van der Waals surface area (Å²) in [6, 6.07) is 12.5. The Balaban J connectivity index is 1.56. The molecule has 0 aliphatic heterocycles. The van der Waals surface area contributed by atoms with Crippen molar-refractivity contribution in [2.75, 3.05) is 0 Å². The number of aliphatic hydroxyl groups excluding tert-OH is 1. The molecule has 27 heavy (non-hydrogen) atoms. The highest BCUT2D eigenvalue weighted by molar-refractivity contribution is 6.30. The SMILES string of the molecule is CC(C)c1ccc2cncn2c1[C@H](O)[C@H]1CC[C@H](c2cccc(Cl)c2)CC1. The molecular formula is C23H27ClN2O. The van der Waals surface area contributed by atoms with E-state index in [2.05, 4.69) is 47.5 Å². The lowest BCUT2D eigenvalue weighted by Crippen LogP contribution is -2.22. The Morgan fingerprint density at radius 1 is 1.11 bits per heavy atom. The van der Waals surface area contributed by atoms with Crippen LogP contribution in [0.1, 0.15) is 74.3 Å². The first-order valence-electron chi connectivity index (χ1n) is 9.93.